The molecular weight excluding hydrogens is 566 g/mol. The summed E-state index contributed by atoms with van der Waals surface area (Å²) in [6, 6.07) is 5.54. The van der Waals surface area contributed by atoms with Crippen molar-refractivity contribution in [3.8, 4) is 0 Å². The second-order valence-corrected chi connectivity index (χ2v) is 10.5. The van der Waals surface area contributed by atoms with E-state index in [1.54, 1.807) is 24.3 Å². The minimum Gasteiger partial charge on any atom is -0.481 e. The largest absolute Gasteiger partial charge is 0.481 e. The summed E-state index contributed by atoms with van der Waals surface area (Å²) in [5.74, 6) is -3.04. The maximum Gasteiger partial charge on any atom is 0.352 e. The van der Waals surface area contributed by atoms with Gasteiger partial charge in [-0.3, -0.25) is 24.4 Å². The second kappa shape index (κ2) is 10.4. The molecule has 1 fully saturated rings. The molecule has 1 saturated heterocycles. The molecule has 35 heavy (non-hydrogen) atoms. The van der Waals surface area contributed by atoms with Crippen LogP contribution in [0.1, 0.15) is 17.5 Å². The van der Waals surface area contributed by atoms with E-state index in [2.05, 4.69) is 36.4 Å². The average molecular weight is 584 g/mol. The van der Waals surface area contributed by atoms with Crippen LogP contribution in [0.5, 0.6) is 0 Å². The Balaban J connectivity index is 1.42. The summed E-state index contributed by atoms with van der Waals surface area (Å²) < 4.78 is 0.781. The standard InChI is InChI=1S/C20H18BrN5O7S2/c21-10-3-1-8(2-4-10)15(29)16(30)23-13-17(31)26-14(19(32)33)9(6-34-18(13)26)7-35-20-22-11(24-25-20)5-12(27)28/h1-4,13,15,18,29H,5-7H2,(H,23,30)(H,27,28)(H,32,33)(H,22,24,25)/t13?,15?,18-/m1/s1. The lowest BCUT2D eigenvalue weighted by Gasteiger charge is -2.49. The van der Waals surface area contributed by atoms with Crippen molar-refractivity contribution in [1.82, 2.24) is 25.4 Å². The Bertz CT molecular complexity index is 1220. The van der Waals surface area contributed by atoms with Gasteiger partial charge >= 0.3 is 11.9 Å². The molecule has 1 aromatic heterocycles. The van der Waals surface area contributed by atoms with Crippen molar-refractivity contribution in [3.63, 3.8) is 0 Å². The molecule has 2 unspecified atom stereocenters. The van der Waals surface area contributed by atoms with Gasteiger partial charge in [0, 0.05) is 16.0 Å². The Kier molecular flexibility index (Phi) is 7.49. The van der Waals surface area contributed by atoms with Crippen LogP contribution < -0.4 is 5.32 Å². The van der Waals surface area contributed by atoms with Crippen LogP contribution in [0.4, 0.5) is 0 Å². The van der Waals surface area contributed by atoms with Crippen LogP contribution in [0.3, 0.4) is 0 Å². The van der Waals surface area contributed by atoms with E-state index in [9.17, 15) is 29.4 Å². The first-order valence-electron chi connectivity index (χ1n) is 10.1. The molecule has 15 heteroatoms. The van der Waals surface area contributed by atoms with Crippen molar-refractivity contribution in [2.75, 3.05) is 11.5 Å². The van der Waals surface area contributed by atoms with Crippen LogP contribution in [0.2, 0.25) is 0 Å². The maximum absolute atomic E-state index is 12.8. The number of halogens is 1. The van der Waals surface area contributed by atoms with Gasteiger partial charge in [-0.1, -0.05) is 39.8 Å². The minimum absolute atomic E-state index is 0.161. The fraction of sp³-hybridized carbons (Fsp3) is 0.300. The van der Waals surface area contributed by atoms with Gasteiger partial charge in [-0.25, -0.2) is 9.78 Å². The number of nitrogens with one attached hydrogen (secondary N) is 2. The zero-order valence-electron chi connectivity index (χ0n) is 17.7. The SMILES string of the molecule is O=C(O)Cc1nc(SCC2=C(C(=O)O)N3C(=O)C(NC(=O)C(O)c4ccc(Br)cc4)[C@H]3SC2)n[nH]1. The molecular formula is C20H18BrN5O7S2. The molecule has 3 heterocycles. The van der Waals surface area contributed by atoms with Gasteiger partial charge < -0.3 is 20.6 Å². The van der Waals surface area contributed by atoms with Crippen molar-refractivity contribution in [3.05, 3.63) is 51.4 Å². The predicted molar refractivity (Wildman–Crippen MR) is 127 cm³/mol. The van der Waals surface area contributed by atoms with Gasteiger partial charge in [-0.05, 0) is 23.3 Å². The number of carboxylic acids is 2. The number of aromatic amines is 1. The number of β-lactam (4-membered cyclic amide) rings is 1. The Hall–Kier alpha value is -2.88. The first-order chi connectivity index (χ1) is 16.7. The molecule has 0 saturated carbocycles. The highest BCUT2D eigenvalue weighted by molar-refractivity contribution is 9.10. The van der Waals surface area contributed by atoms with E-state index in [-0.39, 0.29) is 34.6 Å². The van der Waals surface area contributed by atoms with Crippen LogP contribution in [0.15, 0.2) is 45.2 Å². The molecule has 184 valence electrons. The highest BCUT2D eigenvalue weighted by Gasteiger charge is 2.54. The van der Waals surface area contributed by atoms with Crippen LogP contribution in [-0.2, 0) is 25.6 Å². The number of amides is 2. The smallest absolute Gasteiger partial charge is 0.352 e. The van der Waals surface area contributed by atoms with Gasteiger partial charge in [0.25, 0.3) is 11.8 Å². The molecule has 0 bridgehead atoms. The number of H-pyrrole nitrogens is 1. The highest BCUT2D eigenvalue weighted by atomic mass is 79.9. The van der Waals surface area contributed by atoms with E-state index in [4.69, 9.17) is 5.11 Å². The predicted octanol–water partition coefficient (Wildman–Crippen LogP) is 0.759. The van der Waals surface area contributed by atoms with Gasteiger partial charge in [0.05, 0.1) is 0 Å². The van der Waals surface area contributed by atoms with Gasteiger partial charge in [0.15, 0.2) is 6.10 Å². The molecule has 2 aliphatic heterocycles. The summed E-state index contributed by atoms with van der Waals surface area (Å²) in [7, 11) is 0. The first kappa shape index (κ1) is 25.2. The lowest BCUT2D eigenvalue weighted by molar-refractivity contribution is -0.151. The molecule has 2 aliphatic rings. The number of nitrogens with zero attached hydrogens (tertiary/aromatic N) is 3. The lowest BCUT2D eigenvalue weighted by Crippen LogP contribution is -2.70. The van der Waals surface area contributed by atoms with E-state index in [0.29, 0.717) is 11.1 Å². The fourth-order valence-corrected chi connectivity index (χ4v) is 6.11. The first-order valence-corrected chi connectivity index (χ1v) is 12.9. The van der Waals surface area contributed by atoms with Gasteiger partial charge in [-0.2, -0.15) is 0 Å². The molecule has 3 atom stereocenters. The molecule has 0 aliphatic carbocycles. The monoisotopic (exact) mass is 583 g/mol. The van der Waals surface area contributed by atoms with Gasteiger partial charge in [0.2, 0.25) is 5.16 Å². The molecule has 4 rings (SSSR count). The number of aliphatic carboxylic acids is 2. The number of fused-ring (bicyclic) bond motifs is 1. The highest BCUT2D eigenvalue weighted by Crippen LogP contribution is 2.41. The van der Waals surface area contributed by atoms with Crippen LogP contribution >= 0.6 is 39.5 Å². The molecule has 5 N–H and O–H groups in total. The van der Waals surface area contributed by atoms with E-state index in [1.807, 2.05) is 0 Å². The van der Waals surface area contributed by atoms with E-state index in [0.717, 1.165) is 21.1 Å². The number of carbonyl (C=O) groups excluding carboxylic acids is 2. The topological polar surface area (TPSA) is 186 Å². The number of hydrogen-bond acceptors (Lipinski definition) is 9. The lowest BCUT2D eigenvalue weighted by atomic mass is 10.0. The molecule has 0 spiro atoms. The Labute approximate surface area is 214 Å². The quantitative estimate of drug-likeness (QED) is 0.207. The maximum atomic E-state index is 12.8. The Morgan fingerprint density at radius 2 is 2.00 bits per heavy atom. The third kappa shape index (κ3) is 5.37. The number of benzene rings is 1. The molecule has 1 aromatic carbocycles. The van der Waals surface area contributed by atoms with Crippen molar-refractivity contribution in [2.24, 2.45) is 0 Å². The number of carbonyl (C=O) groups is 4. The summed E-state index contributed by atoms with van der Waals surface area (Å²) in [4.78, 5) is 53.3. The summed E-state index contributed by atoms with van der Waals surface area (Å²) in [5.41, 5.74) is 0.669. The van der Waals surface area contributed by atoms with Crippen molar-refractivity contribution < 1.29 is 34.5 Å². The normalized spacial score (nSPS) is 20.2. The van der Waals surface area contributed by atoms with Gasteiger partial charge in [-0.15, -0.1) is 16.9 Å². The third-order valence-corrected chi connectivity index (χ3v) is 7.99. The minimum atomic E-state index is -1.48. The Morgan fingerprint density at radius 3 is 2.66 bits per heavy atom. The molecule has 0 radical (unpaired) electrons. The van der Waals surface area contributed by atoms with Crippen molar-refractivity contribution in [1.29, 1.82) is 0 Å². The fourth-order valence-electron chi connectivity index (χ4n) is 3.54. The van der Waals surface area contributed by atoms with Crippen molar-refractivity contribution >= 4 is 63.2 Å². The molecule has 12 nitrogen and oxygen atoms in total. The average Bonchev–Trinajstić information content (AvgIpc) is 3.26. The van der Waals surface area contributed by atoms with E-state index < -0.39 is 41.3 Å². The van der Waals surface area contributed by atoms with Crippen LogP contribution in [0, 0.1) is 0 Å². The van der Waals surface area contributed by atoms with E-state index >= 15 is 0 Å². The zero-order valence-corrected chi connectivity index (χ0v) is 20.9. The number of thioether (sulfide) groups is 2. The van der Waals surface area contributed by atoms with Crippen LogP contribution in [0.25, 0.3) is 0 Å². The number of aliphatic hydroxyl groups is 1. The summed E-state index contributed by atoms with van der Waals surface area (Å²) in [6.07, 6.45) is -1.80. The van der Waals surface area contributed by atoms with Gasteiger partial charge in [0.1, 0.15) is 29.4 Å². The third-order valence-electron chi connectivity index (χ3n) is 5.19. The molecule has 2 amide bonds. The number of aromatic nitrogens is 3. The number of aliphatic hydroxyl groups excluding tert-OH is 1. The molecule has 2 aromatic rings. The summed E-state index contributed by atoms with van der Waals surface area (Å²) in [5, 5.41) is 37.5. The second-order valence-electron chi connectivity index (χ2n) is 7.53. The number of hydrogen-bond donors (Lipinski definition) is 5. The van der Waals surface area contributed by atoms with Crippen molar-refractivity contribution in [2.45, 2.75) is 29.1 Å². The van der Waals surface area contributed by atoms with E-state index in [1.165, 1.54) is 11.8 Å². The number of carboxylic acid groups (broad SMARTS) is 2. The summed E-state index contributed by atoms with van der Waals surface area (Å²) >= 11 is 5.68. The van der Waals surface area contributed by atoms with Crippen LogP contribution in [-0.4, -0.2) is 82.1 Å². The number of rotatable bonds is 9. The zero-order chi connectivity index (χ0) is 25.3. The Morgan fingerprint density at radius 1 is 1.29 bits per heavy atom. The summed E-state index contributed by atoms with van der Waals surface area (Å²) in [6.45, 7) is 0.